The molecule has 2 heterocycles. The third-order valence-electron chi connectivity index (χ3n) is 6.31. The van der Waals surface area contributed by atoms with Gasteiger partial charge in [0, 0.05) is 30.6 Å². The van der Waals surface area contributed by atoms with E-state index in [4.69, 9.17) is 21.1 Å². The van der Waals surface area contributed by atoms with E-state index in [1.165, 1.54) is 29.1 Å². The zero-order valence-electron chi connectivity index (χ0n) is 19.2. The number of halogens is 1. The molecule has 10 heteroatoms. The molecule has 34 heavy (non-hydrogen) atoms. The molecule has 8 nitrogen and oxygen atoms in total. The van der Waals surface area contributed by atoms with Gasteiger partial charge in [0.15, 0.2) is 0 Å². The smallest absolute Gasteiger partial charge is 0.243 e. The molecule has 0 radical (unpaired) electrons. The molecular formula is C24H30ClN3O5S. The van der Waals surface area contributed by atoms with Gasteiger partial charge >= 0.3 is 0 Å². The summed E-state index contributed by atoms with van der Waals surface area (Å²) in [5.41, 5.74) is 1.56. The molecular weight excluding hydrogens is 478 g/mol. The molecule has 0 unspecified atom stereocenters. The number of carbonyl (C=O) groups excluding carboxylic acids is 1. The van der Waals surface area contributed by atoms with Crippen LogP contribution in [0, 0.1) is 5.92 Å². The Morgan fingerprint density at radius 1 is 1.09 bits per heavy atom. The summed E-state index contributed by atoms with van der Waals surface area (Å²) >= 11 is 5.96. The van der Waals surface area contributed by atoms with Gasteiger partial charge in [-0.2, -0.15) is 4.31 Å². The van der Waals surface area contributed by atoms with E-state index in [1.54, 1.807) is 6.07 Å². The van der Waals surface area contributed by atoms with Crippen LogP contribution in [0.2, 0.25) is 5.02 Å². The number of anilines is 1. The standard InChI is InChI=1S/C24H30ClN3O5S/c1-32-23-7-6-21(34(30,31)28-12-14-33-15-13-28)16-22(23)26-24(29)19-8-10-27(11-9-19)17-18-2-4-20(25)5-3-18/h2-7,16,19H,8-15,17H2,1H3,(H,26,29). The van der Waals surface area contributed by atoms with Crippen LogP contribution in [0.25, 0.3) is 0 Å². The summed E-state index contributed by atoms with van der Waals surface area (Å²) in [5, 5.41) is 3.63. The lowest BCUT2D eigenvalue weighted by atomic mass is 9.95. The van der Waals surface area contributed by atoms with Crippen LogP contribution >= 0.6 is 11.6 Å². The van der Waals surface area contributed by atoms with Gasteiger partial charge in [-0.15, -0.1) is 0 Å². The number of methoxy groups -OCH3 is 1. The molecule has 1 N–H and O–H groups in total. The molecule has 0 aromatic heterocycles. The highest BCUT2D eigenvalue weighted by molar-refractivity contribution is 7.89. The van der Waals surface area contributed by atoms with Gasteiger partial charge in [-0.05, 0) is 61.8 Å². The Balaban J connectivity index is 1.39. The first-order valence-electron chi connectivity index (χ1n) is 11.4. The second-order valence-electron chi connectivity index (χ2n) is 8.54. The highest BCUT2D eigenvalue weighted by Crippen LogP contribution is 2.30. The van der Waals surface area contributed by atoms with E-state index in [2.05, 4.69) is 10.2 Å². The highest BCUT2D eigenvalue weighted by Gasteiger charge is 2.29. The predicted molar refractivity (Wildman–Crippen MR) is 131 cm³/mol. The maximum Gasteiger partial charge on any atom is 0.243 e. The van der Waals surface area contributed by atoms with Gasteiger partial charge in [0.25, 0.3) is 0 Å². The zero-order chi connectivity index (χ0) is 24.1. The Morgan fingerprint density at radius 2 is 1.76 bits per heavy atom. The average Bonchev–Trinajstić information content (AvgIpc) is 2.86. The van der Waals surface area contributed by atoms with E-state index < -0.39 is 10.0 Å². The van der Waals surface area contributed by atoms with E-state index in [0.717, 1.165) is 37.5 Å². The lowest BCUT2D eigenvalue weighted by Gasteiger charge is -2.31. The van der Waals surface area contributed by atoms with Gasteiger partial charge in [0.05, 0.1) is 30.9 Å². The predicted octanol–water partition coefficient (Wildman–Crippen LogP) is 3.22. The van der Waals surface area contributed by atoms with Crippen molar-refractivity contribution in [2.24, 2.45) is 5.92 Å². The summed E-state index contributed by atoms with van der Waals surface area (Å²) < 4.78 is 38.1. The van der Waals surface area contributed by atoms with Gasteiger partial charge in [0.2, 0.25) is 15.9 Å². The van der Waals surface area contributed by atoms with Gasteiger partial charge in [-0.25, -0.2) is 8.42 Å². The SMILES string of the molecule is COc1ccc(S(=O)(=O)N2CCOCC2)cc1NC(=O)C1CCN(Cc2ccc(Cl)cc2)CC1. The number of carbonyl (C=O) groups is 1. The number of rotatable bonds is 7. The minimum absolute atomic E-state index is 0.120. The van der Waals surface area contributed by atoms with Crippen molar-refractivity contribution in [2.45, 2.75) is 24.3 Å². The number of benzene rings is 2. The Morgan fingerprint density at radius 3 is 2.41 bits per heavy atom. The monoisotopic (exact) mass is 507 g/mol. The molecule has 184 valence electrons. The molecule has 2 aliphatic heterocycles. The van der Waals surface area contributed by atoms with Crippen LogP contribution in [0.15, 0.2) is 47.4 Å². The van der Waals surface area contributed by atoms with Gasteiger partial charge < -0.3 is 14.8 Å². The first-order valence-corrected chi connectivity index (χ1v) is 13.2. The summed E-state index contributed by atoms with van der Waals surface area (Å²) in [6, 6.07) is 12.4. The number of sulfonamides is 1. The van der Waals surface area contributed by atoms with Gasteiger partial charge in [-0.1, -0.05) is 23.7 Å². The second-order valence-corrected chi connectivity index (χ2v) is 10.9. The molecule has 0 spiro atoms. The molecule has 4 rings (SSSR count). The lowest BCUT2D eigenvalue weighted by molar-refractivity contribution is -0.121. The highest BCUT2D eigenvalue weighted by atomic mass is 35.5. The van der Waals surface area contributed by atoms with Crippen LogP contribution in [-0.4, -0.2) is 70.0 Å². The molecule has 2 aliphatic rings. The van der Waals surface area contributed by atoms with Crippen LogP contribution in [0.3, 0.4) is 0 Å². The summed E-state index contributed by atoms with van der Waals surface area (Å²) in [6.07, 6.45) is 1.46. The Bertz CT molecular complexity index is 1100. The van der Waals surface area contributed by atoms with Crippen molar-refractivity contribution in [1.82, 2.24) is 9.21 Å². The summed E-state index contributed by atoms with van der Waals surface area (Å²) in [4.78, 5) is 15.5. The van der Waals surface area contributed by atoms with Gasteiger partial charge in [0.1, 0.15) is 5.75 Å². The van der Waals surface area contributed by atoms with Crippen LogP contribution in [0.5, 0.6) is 5.75 Å². The Labute approximate surface area is 205 Å². The van der Waals surface area contributed by atoms with Crippen LogP contribution < -0.4 is 10.1 Å². The molecule has 2 aromatic rings. The summed E-state index contributed by atoms with van der Waals surface area (Å²) in [5.74, 6) is 0.158. The van der Waals surface area contributed by atoms with Crippen molar-refractivity contribution >= 4 is 33.2 Å². The molecule has 0 aliphatic carbocycles. The fraction of sp³-hybridized carbons (Fsp3) is 0.458. The lowest BCUT2D eigenvalue weighted by Crippen LogP contribution is -2.40. The largest absolute Gasteiger partial charge is 0.495 e. The average molecular weight is 508 g/mol. The molecule has 2 aromatic carbocycles. The van der Waals surface area contributed by atoms with E-state index in [9.17, 15) is 13.2 Å². The number of amides is 1. The van der Waals surface area contributed by atoms with E-state index in [0.29, 0.717) is 37.7 Å². The van der Waals surface area contributed by atoms with E-state index in [1.807, 2.05) is 24.3 Å². The Kier molecular flexibility index (Phi) is 8.10. The number of nitrogens with zero attached hydrogens (tertiary/aromatic N) is 2. The number of hydrogen-bond acceptors (Lipinski definition) is 6. The number of hydrogen-bond donors (Lipinski definition) is 1. The molecule has 2 fully saturated rings. The van der Waals surface area contributed by atoms with Crippen molar-refractivity contribution < 1.29 is 22.7 Å². The summed E-state index contributed by atoms with van der Waals surface area (Å²) in [7, 11) is -2.18. The minimum atomic E-state index is -3.68. The first-order chi connectivity index (χ1) is 16.4. The topological polar surface area (TPSA) is 88.2 Å². The third kappa shape index (κ3) is 5.90. The first kappa shape index (κ1) is 24.9. The van der Waals surface area contributed by atoms with Crippen molar-refractivity contribution in [1.29, 1.82) is 0 Å². The maximum atomic E-state index is 13.0. The van der Waals surface area contributed by atoms with Crippen molar-refractivity contribution in [2.75, 3.05) is 51.8 Å². The number of ether oxygens (including phenoxy) is 2. The van der Waals surface area contributed by atoms with Crippen molar-refractivity contribution in [3.8, 4) is 5.75 Å². The van der Waals surface area contributed by atoms with E-state index >= 15 is 0 Å². The molecule has 2 saturated heterocycles. The van der Waals surface area contributed by atoms with E-state index in [-0.39, 0.29) is 16.7 Å². The normalized spacial score (nSPS) is 18.5. The molecule has 0 bridgehead atoms. The molecule has 0 saturated carbocycles. The van der Waals surface area contributed by atoms with Crippen molar-refractivity contribution in [3.63, 3.8) is 0 Å². The van der Waals surface area contributed by atoms with Crippen LogP contribution in [-0.2, 0) is 26.1 Å². The number of piperidine rings is 1. The van der Waals surface area contributed by atoms with Crippen LogP contribution in [0.4, 0.5) is 5.69 Å². The maximum absolute atomic E-state index is 13.0. The summed E-state index contributed by atoms with van der Waals surface area (Å²) in [6.45, 7) is 3.80. The van der Waals surface area contributed by atoms with Crippen molar-refractivity contribution in [3.05, 3.63) is 53.1 Å². The van der Waals surface area contributed by atoms with Gasteiger partial charge in [-0.3, -0.25) is 9.69 Å². The Hall–Kier alpha value is -2.17. The molecule has 1 amide bonds. The molecule has 0 atom stereocenters. The quantitative estimate of drug-likeness (QED) is 0.619. The second kappa shape index (κ2) is 11.0. The van der Waals surface area contributed by atoms with Crippen LogP contribution in [0.1, 0.15) is 18.4 Å². The third-order valence-corrected chi connectivity index (χ3v) is 8.46. The zero-order valence-corrected chi connectivity index (χ0v) is 20.8. The number of morpholine rings is 1. The number of likely N-dealkylation sites (tertiary alicyclic amines) is 1. The fourth-order valence-corrected chi connectivity index (χ4v) is 5.88. The fourth-order valence-electron chi connectivity index (χ4n) is 4.32. The minimum Gasteiger partial charge on any atom is -0.495 e. The number of nitrogens with one attached hydrogen (secondary N) is 1.